The number of fused-ring (bicyclic) bond motifs is 3. The van der Waals surface area contributed by atoms with E-state index in [9.17, 15) is 21.6 Å². The lowest BCUT2D eigenvalue weighted by Gasteiger charge is -2.18. The van der Waals surface area contributed by atoms with Gasteiger partial charge in [-0.1, -0.05) is 31.0 Å². The number of cyclic esters (lactones) is 1. The molecule has 39 heavy (non-hydrogen) atoms. The maximum atomic E-state index is 13.4. The van der Waals surface area contributed by atoms with Gasteiger partial charge in [0.25, 0.3) is 10.0 Å². The summed E-state index contributed by atoms with van der Waals surface area (Å²) in [5.41, 5.74) is 2.17. The lowest BCUT2D eigenvalue weighted by molar-refractivity contribution is 0.169. The molecule has 13 nitrogen and oxygen atoms in total. The molecule has 1 saturated carbocycles. The van der Waals surface area contributed by atoms with Crippen LogP contribution < -0.4 is 4.72 Å². The van der Waals surface area contributed by atoms with Gasteiger partial charge in [-0.2, -0.15) is 17.4 Å². The zero-order valence-electron chi connectivity index (χ0n) is 21.3. The number of amides is 1. The van der Waals surface area contributed by atoms with Crippen LogP contribution in [0.5, 0.6) is 0 Å². The maximum absolute atomic E-state index is 13.4. The summed E-state index contributed by atoms with van der Waals surface area (Å²) in [7, 11) is -7.95. The van der Waals surface area contributed by atoms with Crippen LogP contribution in [-0.4, -0.2) is 70.0 Å². The van der Waals surface area contributed by atoms with Crippen LogP contribution >= 0.6 is 0 Å². The van der Waals surface area contributed by atoms with Crippen molar-refractivity contribution in [2.45, 2.75) is 50.0 Å². The zero-order valence-corrected chi connectivity index (χ0v) is 22.9. The normalized spacial score (nSPS) is 22.3. The van der Waals surface area contributed by atoms with Crippen molar-refractivity contribution in [2.24, 2.45) is 5.92 Å². The second kappa shape index (κ2) is 9.27. The molecule has 0 bridgehead atoms. The zero-order chi connectivity index (χ0) is 27.5. The fourth-order valence-electron chi connectivity index (χ4n) is 5.57. The molecule has 1 amide bonds. The van der Waals surface area contributed by atoms with E-state index in [-0.39, 0.29) is 35.5 Å². The largest absolute Gasteiger partial charge is 0.447 e. The maximum Gasteiger partial charge on any atom is 0.424 e. The molecule has 4 heterocycles. The fourth-order valence-corrected chi connectivity index (χ4v) is 8.17. The summed E-state index contributed by atoms with van der Waals surface area (Å²) >= 11 is 0. The Morgan fingerprint density at radius 1 is 1.08 bits per heavy atom. The highest BCUT2D eigenvalue weighted by atomic mass is 32.2. The highest BCUT2D eigenvalue weighted by molar-refractivity contribution is 7.90. The first-order valence-electron chi connectivity index (χ1n) is 12.6. The molecule has 6 rings (SSSR count). The molecule has 1 saturated heterocycles. The number of nitrogens with zero attached hydrogens (tertiary/aromatic N) is 6. The van der Waals surface area contributed by atoms with Gasteiger partial charge in [-0.25, -0.2) is 22.2 Å². The molecule has 1 aromatic carbocycles. The minimum atomic E-state index is -4.05. The number of hydrogen-bond donors (Lipinski definition) is 1. The van der Waals surface area contributed by atoms with Crippen LogP contribution in [0.25, 0.3) is 16.8 Å². The summed E-state index contributed by atoms with van der Waals surface area (Å²) in [6.45, 7) is 3.91. The molecule has 206 valence electrons. The van der Waals surface area contributed by atoms with Crippen LogP contribution in [0, 0.1) is 12.8 Å². The van der Waals surface area contributed by atoms with Crippen LogP contribution in [0.2, 0.25) is 0 Å². The third kappa shape index (κ3) is 4.24. The van der Waals surface area contributed by atoms with Crippen molar-refractivity contribution in [1.29, 1.82) is 0 Å². The van der Waals surface area contributed by atoms with E-state index in [1.165, 1.54) is 12.4 Å². The van der Waals surface area contributed by atoms with E-state index in [1.807, 2.05) is 13.8 Å². The molecule has 4 aromatic rings. The number of carbonyl (C=O) groups is 1. The van der Waals surface area contributed by atoms with Crippen LogP contribution in [0.3, 0.4) is 0 Å². The summed E-state index contributed by atoms with van der Waals surface area (Å²) in [4.78, 5) is 16.4. The molecule has 0 radical (unpaired) electrons. The number of aryl methyl sites for hydroxylation is 1. The van der Waals surface area contributed by atoms with Crippen molar-refractivity contribution in [1.82, 2.24) is 32.6 Å². The summed E-state index contributed by atoms with van der Waals surface area (Å²) < 4.78 is 63.6. The summed E-state index contributed by atoms with van der Waals surface area (Å²) in [6.07, 6.45) is 3.82. The Bertz CT molecular complexity index is 1800. The molecule has 1 N–H and O–H groups in total. The smallest absolute Gasteiger partial charge is 0.424 e. The van der Waals surface area contributed by atoms with Gasteiger partial charge in [-0.3, -0.25) is 4.40 Å². The number of aromatic nitrogens is 5. The first-order chi connectivity index (χ1) is 18.6. The number of nitrogens with one attached hydrogen (secondary N) is 1. The first-order valence-corrected chi connectivity index (χ1v) is 15.5. The van der Waals surface area contributed by atoms with E-state index in [2.05, 4.69) is 19.9 Å². The third-order valence-electron chi connectivity index (χ3n) is 7.52. The van der Waals surface area contributed by atoms with E-state index in [4.69, 9.17) is 4.74 Å². The van der Waals surface area contributed by atoms with Crippen LogP contribution in [-0.2, 0) is 25.0 Å². The van der Waals surface area contributed by atoms with E-state index in [0.717, 1.165) is 16.0 Å². The topological polar surface area (TPSA) is 158 Å². The van der Waals surface area contributed by atoms with Gasteiger partial charge < -0.3 is 4.74 Å². The number of ether oxygens (including phenoxy) is 1. The Kier molecular flexibility index (Phi) is 6.11. The van der Waals surface area contributed by atoms with Gasteiger partial charge in [0.1, 0.15) is 12.4 Å². The average Bonchev–Trinajstić information content (AvgIpc) is 3.68. The van der Waals surface area contributed by atoms with Gasteiger partial charge in [0.05, 0.1) is 23.2 Å². The summed E-state index contributed by atoms with van der Waals surface area (Å²) in [5.74, 6) is 0.528. The van der Waals surface area contributed by atoms with Crippen LogP contribution in [0.4, 0.5) is 4.79 Å². The van der Waals surface area contributed by atoms with Gasteiger partial charge in [0.15, 0.2) is 11.3 Å². The Balaban J connectivity index is 1.36. The van der Waals surface area contributed by atoms with Crippen molar-refractivity contribution in [3.63, 3.8) is 0 Å². The van der Waals surface area contributed by atoms with Gasteiger partial charge in [0.2, 0.25) is 0 Å². The van der Waals surface area contributed by atoms with Crippen molar-refractivity contribution >= 4 is 43.1 Å². The van der Waals surface area contributed by atoms with Crippen molar-refractivity contribution in [2.75, 3.05) is 13.2 Å². The average molecular weight is 574 g/mol. The van der Waals surface area contributed by atoms with Gasteiger partial charge >= 0.3 is 16.3 Å². The van der Waals surface area contributed by atoms with E-state index in [1.54, 1.807) is 34.7 Å². The molecule has 2 aliphatic rings. The molecule has 1 unspecified atom stereocenters. The van der Waals surface area contributed by atoms with Gasteiger partial charge in [-0.05, 0) is 43.9 Å². The van der Waals surface area contributed by atoms with Gasteiger partial charge in [0, 0.05) is 18.2 Å². The SMILES string of the molecule is CC[C@@H]1C[C@H](NS(=O)(=O)N2CCOC2=O)CC1c1nnc2cnc3c(ccn3S(=O)(=O)c3ccc(C)cc3)n12. The van der Waals surface area contributed by atoms with Crippen molar-refractivity contribution < 1.29 is 26.4 Å². The van der Waals surface area contributed by atoms with E-state index < -0.39 is 32.4 Å². The molecule has 15 heteroatoms. The Morgan fingerprint density at radius 2 is 1.85 bits per heavy atom. The van der Waals surface area contributed by atoms with E-state index >= 15 is 0 Å². The quantitative estimate of drug-likeness (QED) is 0.350. The third-order valence-corrected chi connectivity index (χ3v) is 10.7. The number of hydrogen-bond acceptors (Lipinski definition) is 9. The molecular formula is C24H27N7O6S2. The van der Waals surface area contributed by atoms with Crippen molar-refractivity contribution in [3.8, 4) is 0 Å². The number of rotatable bonds is 7. The second-order valence-electron chi connectivity index (χ2n) is 9.90. The minimum Gasteiger partial charge on any atom is -0.447 e. The first kappa shape index (κ1) is 25.7. The van der Waals surface area contributed by atoms with Crippen LogP contribution in [0.1, 0.15) is 43.5 Å². The monoisotopic (exact) mass is 573 g/mol. The fraction of sp³-hybridized carbons (Fsp3) is 0.417. The second-order valence-corrected chi connectivity index (χ2v) is 13.3. The highest BCUT2D eigenvalue weighted by Crippen LogP contribution is 2.42. The highest BCUT2D eigenvalue weighted by Gasteiger charge is 2.41. The van der Waals surface area contributed by atoms with Crippen LogP contribution in [0.15, 0.2) is 47.6 Å². The summed E-state index contributed by atoms with van der Waals surface area (Å²) in [5, 5.41) is 8.72. The molecule has 2 fully saturated rings. The van der Waals surface area contributed by atoms with E-state index in [0.29, 0.717) is 34.1 Å². The lowest BCUT2D eigenvalue weighted by Crippen LogP contribution is -2.45. The predicted octanol–water partition coefficient (Wildman–Crippen LogP) is 2.18. The standard InChI is InChI=1S/C24H27N7O6S2/c1-3-16-12-17(28-39(35,36)30-10-11-37-24(30)32)13-19(16)22-27-26-21-14-25-23-20(31(21)22)8-9-29(23)38(33,34)18-6-4-15(2)5-7-18/h4-9,14,16-17,19,28H,3,10-13H2,1-2H3/t16-,17+,19?/m1/s1. The number of benzene rings is 1. The lowest BCUT2D eigenvalue weighted by atomic mass is 9.93. The van der Waals surface area contributed by atoms with Crippen molar-refractivity contribution in [3.05, 3.63) is 54.1 Å². The molecule has 1 aliphatic carbocycles. The molecular weight excluding hydrogens is 546 g/mol. The Hall–Kier alpha value is -3.56. The molecule has 3 aromatic heterocycles. The Labute approximate surface area is 225 Å². The molecule has 0 spiro atoms. The Morgan fingerprint density at radius 3 is 2.54 bits per heavy atom. The van der Waals surface area contributed by atoms with Gasteiger partial charge in [-0.15, -0.1) is 10.2 Å². The predicted molar refractivity (Wildman–Crippen MR) is 140 cm³/mol. The minimum absolute atomic E-state index is 0.0240. The summed E-state index contributed by atoms with van der Waals surface area (Å²) in [6, 6.07) is 7.85. The number of carbonyl (C=O) groups excluding carboxylic acids is 1. The molecule has 3 atom stereocenters. The molecule has 1 aliphatic heterocycles.